The van der Waals surface area contributed by atoms with Crippen LogP contribution in [0.4, 0.5) is 0 Å². The third-order valence-electron chi connectivity index (χ3n) is 4.43. The summed E-state index contributed by atoms with van der Waals surface area (Å²) in [6, 6.07) is -0.0516. The number of aryl methyl sites for hydroxylation is 1. The molecular formula is C14H27BrN4. The summed E-state index contributed by atoms with van der Waals surface area (Å²) < 4.78 is 2.89. The Balaban J connectivity index is 3.26. The lowest BCUT2D eigenvalue weighted by atomic mass is 9.81. The Labute approximate surface area is 125 Å². The van der Waals surface area contributed by atoms with Crippen LogP contribution in [0.5, 0.6) is 0 Å². The number of nitrogens with two attached hydrogens (primary N) is 1. The van der Waals surface area contributed by atoms with E-state index >= 15 is 0 Å². The van der Waals surface area contributed by atoms with Crippen LogP contribution < -0.4 is 5.73 Å². The molecule has 1 aromatic rings. The maximum Gasteiger partial charge on any atom is 0.0709 e. The molecule has 2 N–H and O–H groups in total. The minimum absolute atomic E-state index is 0.0141. The third-order valence-corrected chi connectivity index (χ3v) is 5.04. The van der Waals surface area contributed by atoms with Gasteiger partial charge in [0.25, 0.3) is 0 Å². The number of aromatic nitrogens is 2. The summed E-state index contributed by atoms with van der Waals surface area (Å²) in [6.45, 7) is 10.9. The van der Waals surface area contributed by atoms with Crippen molar-refractivity contribution in [3.63, 3.8) is 0 Å². The molecule has 1 rings (SSSR count). The van der Waals surface area contributed by atoms with Gasteiger partial charge in [0.05, 0.1) is 22.4 Å². The Morgan fingerprint density at radius 1 is 1.32 bits per heavy atom. The number of nitrogens with zero attached hydrogens (tertiary/aromatic N) is 3. The number of rotatable bonds is 7. The van der Waals surface area contributed by atoms with Crippen LogP contribution in [-0.2, 0) is 7.05 Å². The molecule has 1 unspecified atom stereocenters. The van der Waals surface area contributed by atoms with Gasteiger partial charge in [-0.2, -0.15) is 5.10 Å². The average molecular weight is 331 g/mol. The molecule has 0 saturated carbocycles. The Hall–Kier alpha value is -0.390. The summed E-state index contributed by atoms with van der Waals surface area (Å²) in [5, 5.41) is 4.30. The van der Waals surface area contributed by atoms with E-state index in [9.17, 15) is 0 Å². The first kappa shape index (κ1) is 16.7. The van der Waals surface area contributed by atoms with Crippen LogP contribution in [0.1, 0.15) is 52.3 Å². The molecule has 0 spiro atoms. The quantitative estimate of drug-likeness (QED) is 0.835. The van der Waals surface area contributed by atoms with Crippen LogP contribution in [0.15, 0.2) is 10.7 Å². The van der Waals surface area contributed by atoms with Crippen LogP contribution in [0.25, 0.3) is 0 Å². The van der Waals surface area contributed by atoms with Gasteiger partial charge < -0.3 is 5.73 Å². The minimum atomic E-state index is -0.0516. The molecular weight excluding hydrogens is 304 g/mol. The fourth-order valence-corrected chi connectivity index (χ4v) is 3.81. The lowest BCUT2D eigenvalue weighted by Gasteiger charge is -2.46. The van der Waals surface area contributed by atoms with Gasteiger partial charge in [-0.05, 0) is 41.9 Å². The fraction of sp³-hybridized carbons (Fsp3) is 0.786. The van der Waals surface area contributed by atoms with Gasteiger partial charge in [0.15, 0.2) is 0 Å². The van der Waals surface area contributed by atoms with E-state index in [0.717, 1.165) is 36.1 Å². The second kappa shape index (κ2) is 6.86. The highest BCUT2D eigenvalue weighted by molar-refractivity contribution is 9.10. The molecule has 0 aliphatic heterocycles. The average Bonchev–Trinajstić information content (AvgIpc) is 2.75. The zero-order chi connectivity index (χ0) is 14.6. The SMILES string of the molecule is CCN(CC)C(CC)(CC)C(N)c1c(Br)cnn1C. The zero-order valence-corrected chi connectivity index (χ0v) is 14.4. The molecule has 19 heavy (non-hydrogen) atoms. The molecule has 1 heterocycles. The molecule has 1 atom stereocenters. The largest absolute Gasteiger partial charge is 0.321 e. The van der Waals surface area contributed by atoms with E-state index in [-0.39, 0.29) is 11.6 Å². The molecule has 5 heteroatoms. The summed E-state index contributed by atoms with van der Waals surface area (Å²) >= 11 is 3.58. The Kier molecular flexibility index (Phi) is 6.02. The van der Waals surface area contributed by atoms with Crippen molar-refractivity contribution in [2.45, 2.75) is 52.1 Å². The molecule has 110 valence electrons. The van der Waals surface area contributed by atoms with Crippen molar-refractivity contribution in [3.05, 3.63) is 16.4 Å². The van der Waals surface area contributed by atoms with Gasteiger partial charge in [-0.25, -0.2) is 0 Å². The minimum Gasteiger partial charge on any atom is -0.321 e. The van der Waals surface area contributed by atoms with Crippen molar-refractivity contribution in [1.82, 2.24) is 14.7 Å². The van der Waals surface area contributed by atoms with Crippen molar-refractivity contribution in [2.24, 2.45) is 12.8 Å². The molecule has 4 nitrogen and oxygen atoms in total. The zero-order valence-electron chi connectivity index (χ0n) is 12.8. The molecule has 0 aliphatic rings. The van der Waals surface area contributed by atoms with E-state index in [1.165, 1.54) is 0 Å². The van der Waals surface area contributed by atoms with E-state index in [2.05, 4.69) is 53.6 Å². The van der Waals surface area contributed by atoms with Gasteiger partial charge >= 0.3 is 0 Å². The monoisotopic (exact) mass is 330 g/mol. The molecule has 0 saturated heterocycles. The predicted octanol–water partition coefficient (Wildman–Crippen LogP) is 3.08. The highest BCUT2D eigenvalue weighted by Crippen LogP contribution is 2.37. The summed E-state index contributed by atoms with van der Waals surface area (Å²) in [5.74, 6) is 0. The van der Waals surface area contributed by atoms with Crippen LogP contribution in [0, 0.1) is 0 Å². The van der Waals surface area contributed by atoms with Crippen molar-refractivity contribution in [1.29, 1.82) is 0 Å². The number of hydrogen-bond acceptors (Lipinski definition) is 3. The maximum atomic E-state index is 6.66. The predicted molar refractivity (Wildman–Crippen MR) is 84.1 cm³/mol. The molecule has 0 radical (unpaired) electrons. The van der Waals surface area contributed by atoms with Crippen molar-refractivity contribution < 1.29 is 0 Å². The maximum absolute atomic E-state index is 6.66. The first-order chi connectivity index (χ1) is 8.98. The van der Waals surface area contributed by atoms with Crippen molar-refractivity contribution in [2.75, 3.05) is 13.1 Å². The molecule has 0 bridgehead atoms. The topological polar surface area (TPSA) is 47.1 Å². The van der Waals surface area contributed by atoms with Gasteiger partial charge in [-0.15, -0.1) is 0 Å². The molecule has 0 amide bonds. The van der Waals surface area contributed by atoms with Crippen molar-refractivity contribution >= 4 is 15.9 Å². The first-order valence-corrected chi connectivity index (χ1v) is 7.95. The van der Waals surface area contributed by atoms with E-state index in [0.29, 0.717) is 0 Å². The standard InChI is InChI=1S/C14H27BrN4/c1-6-14(7-2,19(8-3)9-4)13(16)12-11(15)10-17-18(12)5/h10,13H,6-9,16H2,1-5H3. The summed E-state index contributed by atoms with van der Waals surface area (Å²) in [7, 11) is 1.96. The molecule has 0 fully saturated rings. The van der Waals surface area contributed by atoms with Gasteiger partial charge in [-0.1, -0.05) is 27.7 Å². The van der Waals surface area contributed by atoms with Gasteiger partial charge in [-0.3, -0.25) is 9.58 Å². The van der Waals surface area contributed by atoms with Crippen LogP contribution in [-0.4, -0.2) is 33.3 Å². The smallest absolute Gasteiger partial charge is 0.0709 e. The van der Waals surface area contributed by atoms with E-state index in [1.807, 2.05) is 17.9 Å². The number of hydrogen-bond donors (Lipinski definition) is 1. The van der Waals surface area contributed by atoms with E-state index in [4.69, 9.17) is 5.73 Å². The van der Waals surface area contributed by atoms with Crippen molar-refractivity contribution in [3.8, 4) is 0 Å². The summed E-state index contributed by atoms with van der Waals surface area (Å²) in [6.07, 6.45) is 3.89. The highest BCUT2D eigenvalue weighted by Gasteiger charge is 2.40. The van der Waals surface area contributed by atoms with Gasteiger partial charge in [0, 0.05) is 12.6 Å². The van der Waals surface area contributed by atoms with Crippen LogP contribution in [0.2, 0.25) is 0 Å². The van der Waals surface area contributed by atoms with Gasteiger partial charge in [0.1, 0.15) is 0 Å². The molecule has 0 aliphatic carbocycles. The van der Waals surface area contributed by atoms with E-state index in [1.54, 1.807) is 0 Å². The molecule has 1 aromatic heterocycles. The fourth-order valence-electron chi connectivity index (χ4n) is 3.21. The Morgan fingerprint density at radius 2 is 1.84 bits per heavy atom. The van der Waals surface area contributed by atoms with Gasteiger partial charge in [0.2, 0.25) is 0 Å². The first-order valence-electron chi connectivity index (χ1n) is 7.16. The van der Waals surface area contributed by atoms with E-state index < -0.39 is 0 Å². The molecule has 0 aromatic carbocycles. The second-order valence-electron chi connectivity index (χ2n) is 4.96. The lowest BCUT2D eigenvalue weighted by molar-refractivity contribution is 0.0597. The lowest BCUT2D eigenvalue weighted by Crippen LogP contribution is -2.55. The number of halogens is 1. The number of likely N-dealkylation sites (N-methyl/N-ethyl adjacent to an activating group) is 1. The Morgan fingerprint density at radius 3 is 2.16 bits per heavy atom. The summed E-state index contributed by atoms with van der Waals surface area (Å²) in [5.41, 5.74) is 7.73. The third kappa shape index (κ3) is 2.88. The highest BCUT2D eigenvalue weighted by atomic mass is 79.9. The van der Waals surface area contributed by atoms with Crippen LogP contribution in [0.3, 0.4) is 0 Å². The Bertz CT molecular complexity index is 375. The summed E-state index contributed by atoms with van der Waals surface area (Å²) in [4.78, 5) is 2.48. The van der Waals surface area contributed by atoms with Crippen LogP contribution >= 0.6 is 15.9 Å². The normalized spacial score (nSPS) is 14.1. The second-order valence-corrected chi connectivity index (χ2v) is 5.82.